The Morgan fingerprint density at radius 2 is 2.08 bits per heavy atom. The van der Waals surface area contributed by atoms with Crippen LogP contribution in [0.25, 0.3) is 0 Å². The molecule has 25 heavy (non-hydrogen) atoms. The Bertz CT molecular complexity index is 678. The number of carbonyl (C=O) groups excluding carboxylic acids is 2. The topological polar surface area (TPSA) is 53.1 Å². The number of fused-ring (bicyclic) bond motifs is 2. The maximum Gasteiger partial charge on any atom is 0.236 e. The molecule has 1 aromatic rings. The summed E-state index contributed by atoms with van der Waals surface area (Å²) in [6.45, 7) is 4.56. The average molecular weight is 343 g/mol. The van der Waals surface area contributed by atoms with Gasteiger partial charge in [0.15, 0.2) is 0 Å². The average Bonchev–Trinajstić information content (AvgIpc) is 2.94. The Balaban J connectivity index is 1.39. The van der Waals surface area contributed by atoms with Crippen LogP contribution in [0.1, 0.15) is 12.0 Å². The van der Waals surface area contributed by atoms with E-state index in [1.807, 2.05) is 30.1 Å². The van der Waals surface area contributed by atoms with E-state index in [-0.39, 0.29) is 17.7 Å². The number of rotatable bonds is 2. The number of hydrogen-bond acceptors (Lipinski definition) is 4. The van der Waals surface area contributed by atoms with Crippen LogP contribution in [0.4, 0.5) is 0 Å². The minimum atomic E-state index is -0.00380. The van der Waals surface area contributed by atoms with Crippen LogP contribution in [0.3, 0.4) is 0 Å². The Hall–Kier alpha value is -2.08. The molecule has 0 saturated carbocycles. The van der Waals surface area contributed by atoms with E-state index in [1.165, 1.54) is 0 Å². The van der Waals surface area contributed by atoms with Gasteiger partial charge in [0.05, 0.1) is 12.5 Å². The van der Waals surface area contributed by atoms with Crippen molar-refractivity contribution in [2.45, 2.75) is 13.0 Å². The molecule has 3 aliphatic rings. The predicted octanol–water partition coefficient (Wildman–Crippen LogP) is 0.818. The molecule has 2 fully saturated rings. The summed E-state index contributed by atoms with van der Waals surface area (Å²) in [7, 11) is 1.86. The van der Waals surface area contributed by atoms with Gasteiger partial charge in [-0.1, -0.05) is 18.2 Å². The minimum Gasteiger partial charge on any atom is -0.492 e. The third-order valence-corrected chi connectivity index (χ3v) is 5.71. The Kier molecular flexibility index (Phi) is 4.37. The number of para-hydroxylation sites is 1. The number of carbonyl (C=O) groups is 2. The number of ether oxygens (including phenoxy) is 1. The molecule has 2 saturated heterocycles. The highest BCUT2D eigenvalue weighted by Crippen LogP contribution is 2.31. The maximum absolute atomic E-state index is 12.8. The summed E-state index contributed by atoms with van der Waals surface area (Å²) >= 11 is 0. The third-order valence-electron chi connectivity index (χ3n) is 5.71. The summed E-state index contributed by atoms with van der Waals surface area (Å²) in [5.74, 6) is 1.57. The van der Waals surface area contributed by atoms with Crippen molar-refractivity contribution in [2.75, 3.05) is 46.4 Å². The van der Waals surface area contributed by atoms with Crippen molar-refractivity contribution in [1.29, 1.82) is 0 Å². The van der Waals surface area contributed by atoms with Gasteiger partial charge in [0, 0.05) is 45.3 Å². The zero-order valence-corrected chi connectivity index (χ0v) is 14.7. The van der Waals surface area contributed by atoms with E-state index in [2.05, 4.69) is 11.0 Å². The van der Waals surface area contributed by atoms with Crippen molar-refractivity contribution in [3.05, 3.63) is 29.8 Å². The second kappa shape index (κ2) is 6.67. The van der Waals surface area contributed by atoms with Gasteiger partial charge in [-0.3, -0.25) is 14.5 Å². The number of likely N-dealkylation sites (tertiary alicyclic amines) is 2. The van der Waals surface area contributed by atoms with Crippen LogP contribution in [-0.2, 0) is 16.1 Å². The van der Waals surface area contributed by atoms with E-state index >= 15 is 0 Å². The number of amides is 2. The SMILES string of the molecule is CN1CC[C@@H]2CN(C(=O)CN3CCOc4ccccc4C3)C[C@@H]2C1=O. The van der Waals surface area contributed by atoms with Crippen molar-refractivity contribution in [3.63, 3.8) is 0 Å². The molecule has 0 spiro atoms. The highest BCUT2D eigenvalue weighted by molar-refractivity contribution is 5.83. The number of benzene rings is 1. The van der Waals surface area contributed by atoms with Gasteiger partial charge in [-0.05, 0) is 18.4 Å². The molecule has 6 nitrogen and oxygen atoms in total. The molecule has 0 N–H and O–H groups in total. The van der Waals surface area contributed by atoms with Crippen molar-refractivity contribution in [3.8, 4) is 5.75 Å². The van der Waals surface area contributed by atoms with Gasteiger partial charge in [-0.25, -0.2) is 0 Å². The quantitative estimate of drug-likeness (QED) is 0.798. The van der Waals surface area contributed by atoms with Gasteiger partial charge in [0.2, 0.25) is 11.8 Å². The van der Waals surface area contributed by atoms with E-state index in [0.29, 0.717) is 25.6 Å². The summed E-state index contributed by atoms with van der Waals surface area (Å²) in [6, 6.07) is 8.01. The highest BCUT2D eigenvalue weighted by atomic mass is 16.5. The lowest BCUT2D eigenvalue weighted by atomic mass is 9.88. The number of hydrogen-bond donors (Lipinski definition) is 0. The molecule has 3 aliphatic heterocycles. The molecule has 0 aromatic heterocycles. The maximum atomic E-state index is 12.8. The molecule has 0 aliphatic carbocycles. The first kappa shape index (κ1) is 16.4. The van der Waals surface area contributed by atoms with E-state index in [4.69, 9.17) is 4.74 Å². The van der Waals surface area contributed by atoms with Gasteiger partial charge >= 0.3 is 0 Å². The van der Waals surface area contributed by atoms with Crippen molar-refractivity contribution in [1.82, 2.24) is 14.7 Å². The molecule has 134 valence electrons. The van der Waals surface area contributed by atoms with Gasteiger partial charge < -0.3 is 14.5 Å². The molecular weight excluding hydrogens is 318 g/mol. The van der Waals surface area contributed by atoms with Crippen LogP contribution in [0.2, 0.25) is 0 Å². The molecule has 2 amide bonds. The van der Waals surface area contributed by atoms with Crippen LogP contribution in [0.15, 0.2) is 24.3 Å². The molecule has 2 atom stereocenters. The molecule has 0 radical (unpaired) electrons. The van der Waals surface area contributed by atoms with Crippen molar-refractivity contribution in [2.24, 2.45) is 11.8 Å². The van der Waals surface area contributed by atoms with Crippen LogP contribution in [0.5, 0.6) is 5.75 Å². The summed E-state index contributed by atoms with van der Waals surface area (Å²) in [6.07, 6.45) is 1.00. The zero-order chi connectivity index (χ0) is 17.4. The Labute approximate surface area is 148 Å². The molecule has 0 bridgehead atoms. The van der Waals surface area contributed by atoms with Crippen LogP contribution < -0.4 is 4.74 Å². The van der Waals surface area contributed by atoms with Gasteiger partial charge in [-0.2, -0.15) is 0 Å². The minimum absolute atomic E-state index is 0.00380. The lowest BCUT2D eigenvalue weighted by molar-refractivity contribution is -0.138. The molecule has 6 heteroatoms. The van der Waals surface area contributed by atoms with E-state index < -0.39 is 0 Å². The smallest absolute Gasteiger partial charge is 0.236 e. The molecule has 1 aromatic carbocycles. The Morgan fingerprint density at radius 1 is 1.24 bits per heavy atom. The molecule has 4 rings (SSSR count). The van der Waals surface area contributed by atoms with E-state index in [1.54, 1.807) is 4.90 Å². The van der Waals surface area contributed by atoms with E-state index in [0.717, 1.165) is 43.9 Å². The number of piperidine rings is 1. The summed E-state index contributed by atoms with van der Waals surface area (Å²) in [4.78, 5) is 30.9. The first-order valence-electron chi connectivity index (χ1n) is 9.07. The second-order valence-corrected chi connectivity index (χ2v) is 7.38. The van der Waals surface area contributed by atoms with Crippen molar-refractivity contribution < 1.29 is 14.3 Å². The largest absolute Gasteiger partial charge is 0.492 e. The fourth-order valence-corrected chi connectivity index (χ4v) is 4.21. The molecule has 0 unspecified atom stereocenters. The highest BCUT2D eigenvalue weighted by Gasteiger charge is 2.43. The molecular formula is C19H25N3O3. The lowest BCUT2D eigenvalue weighted by Gasteiger charge is -2.30. The first-order valence-corrected chi connectivity index (χ1v) is 9.07. The van der Waals surface area contributed by atoms with Crippen LogP contribution in [0, 0.1) is 11.8 Å². The van der Waals surface area contributed by atoms with Crippen LogP contribution in [-0.4, -0.2) is 72.9 Å². The molecule has 3 heterocycles. The predicted molar refractivity (Wildman–Crippen MR) is 93.0 cm³/mol. The fraction of sp³-hybridized carbons (Fsp3) is 0.579. The van der Waals surface area contributed by atoms with Crippen LogP contribution >= 0.6 is 0 Å². The van der Waals surface area contributed by atoms with E-state index in [9.17, 15) is 9.59 Å². The monoisotopic (exact) mass is 343 g/mol. The third kappa shape index (κ3) is 3.23. The van der Waals surface area contributed by atoms with Gasteiger partial charge in [-0.15, -0.1) is 0 Å². The summed E-state index contributed by atoms with van der Waals surface area (Å²) in [5.41, 5.74) is 1.12. The first-order chi connectivity index (χ1) is 12.1. The lowest BCUT2D eigenvalue weighted by Crippen LogP contribution is -2.43. The van der Waals surface area contributed by atoms with Gasteiger partial charge in [0.25, 0.3) is 0 Å². The standard InChI is InChI=1S/C19H25N3O3/c1-20-7-6-14-11-22(12-16(14)19(20)24)18(23)13-21-8-9-25-17-5-3-2-4-15(17)10-21/h2-5,14,16H,6-13H2,1H3/t14-,16+/m1/s1. The summed E-state index contributed by atoms with van der Waals surface area (Å²) in [5, 5.41) is 0. The second-order valence-electron chi connectivity index (χ2n) is 7.38. The summed E-state index contributed by atoms with van der Waals surface area (Å²) < 4.78 is 5.77. The van der Waals surface area contributed by atoms with Crippen molar-refractivity contribution >= 4 is 11.8 Å². The fourth-order valence-electron chi connectivity index (χ4n) is 4.21. The normalized spacial score (nSPS) is 26.7. The zero-order valence-electron chi connectivity index (χ0n) is 14.7. The Morgan fingerprint density at radius 3 is 2.96 bits per heavy atom. The number of nitrogens with zero attached hydrogens (tertiary/aromatic N) is 3. The van der Waals surface area contributed by atoms with Gasteiger partial charge in [0.1, 0.15) is 12.4 Å².